The normalized spacial score (nSPS) is 10.9. The molecule has 0 radical (unpaired) electrons. The molecule has 4 heteroatoms. The van der Waals surface area contributed by atoms with Gasteiger partial charge in [0.2, 0.25) is 0 Å². The predicted octanol–water partition coefficient (Wildman–Crippen LogP) is 3.65. The fraction of sp³-hybridized carbons (Fsp3) is 0.286. The van der Waals surface area contributed by atoms with Crippen molar-refractivity contribution >= 4 is 21.7 Å². The number of carbonyl (C=O) groups excluding carboxylic acids is 1. The fourth-order valence-electron chi connectivity index (χ4n) is 1.66. The lowest BCUT2D eigenvalue weighted by Crippen LogP contribution is -2.06. The first-order valence-electron chi connectivity index (χ1n) is 5.89. The van der Waals surface area contributed by atoms with Crippen molar-refractivity contribution in [3.05, 3.63) is 52.3 Å². The highest BCUT2D eigenvalue weighted by Crippen LogP contribution is 2.13. The average molecular weight is 307 g/mol. The van der Waals surface area contributed by atoms with Gasteiger partial charge in [-0.15, -0.1) is 0 Å². The zero-order valence-corrected chi connectivity index (χ0v) is 12.0. The van der Waals surface area contributed by atoms with Gasteiger partial charge in [-0.1, -0.05) is 28.1 Å². The van der Waals surface area contributed by atoms with Gasteiger partial charge >= 0.3 is 0 Å². The third kappa shape index (κ3) is 3.07. The Balaban J connectivity index is 2.08. The molecular weight excluding hydrogens is 292 g/mol. The third-order valence-corrected chi connectivity index (χ3v) is 3.23. The van der Waals surface area contributed by atoms with Crippen LogP contribution in [-0.2, 0) is 6.42 Å². The maximum atomic E-state index is 12.0. The Kier molecular flexibility index (Phi) is 3.97. The van der Waals surface area contributed by atoms with Gasteiger partial charge in [0, 0.05) is 22.3 Å². The van der Waals surface area contributed by atoms with E-state index in [2.05, 4.69) is 34.9 Å². The Bertz CT molecular complexity index is 543. The highest BCUT2D eigenvalue weighted by molar-refractivity contribution is 9.10. The third-order valence-electron chi connectivity index (χ3n) is 2.70. The predicted molar refractivity (Wildman–Crippen MR) is 74.8 cm³/mol. The van der Waals surface area contributed by atoms with E-state index in [1.54, 1.807) is 0 Å². The van der Waals surface area contributed by atoms with Crippen molar-refractivity contribution in [3.8, 4) is 0 Å². The number of Topliss-reactive ketones (excluding diaryl/α,β-unsaturated/α-hetero) is 1. The van der Waals surface area contributed by atoms with Crippen LogP contribution in [0.5, 0.6) is 0 Å². The van der Waals surface area contributed by atoms with E-state index in [0.29, 0.717) is 12.5 Å². The minimum absolute atomic E-state index is 0.0940. The van der Waals surface area contributed by atoms with Crippen molar-refractivity contribution in [2.75, 3.05) is 0 Å². The molecule has 0 fully saturated rings. The molecule has 3 nitrogen and oxygen atoms in total. The van der Waals surface area contributed by atoms with Crippen molar-refractivity contribution in [1.29, 1.82) is 0 Å². The highest BCUT2D eigenvalue weighted by Gasteiger charge is 2.09. The molecule has 0 amide bonds. The van der Waals surface area contributed by atoms with Crippen LogP contribution in [0.25, 0.3) is 0 Å². The number of hydrogen-bond acceptors (Lipinski definition) is 2. The minimum Gasteiger partial charge on any atom is -0.294 e. The lowest BCUT2D eigenvalue weighted by Gasteiger charge is -2.03. The number of aromatic nitrogens is 2. The summed E-state index contributed by atoms with van der Waals surface area (Å²) in [7, 11) is 0. The summed E-state index contributed by atoms with van der Waals surface area (Å²) in [5, 5.41) is 4.38. The van der Waals surface area contributed by atoms with Crippen molar-refractivity contribution in [2.45, 2.75) is 26.3 Å². The monoisotopic (exact) mass is 306 g/mol. The molecule has 0 bridgehead atoms. The molecular formula is C14H15BrN2O. The number of halogens is 1. The summed E-state index contributed by atoms with van der Waals surface area (Å²) in [5.74, 6) is 0.0940. The Morgan fingerprint density at radius 2 is 1.94 bits per heavy atom. The average Bonchev–Trinajstić information content (AvgIpc) is 2.78. The van der Waals surface area contributed by atoms with E-state index in [-0.39, 0.29) is 5.78 Å². The lowest BCUT2D eigenvalue weighted by molar-refractivity contribution is 0.0991. The second-order valence-electron chi connectivity index (χ2n) is 4.49. The number of hydrogen-bond donors (Lipinski definition) is 0. The number of carbonyl (C=O) groups is 1. The zero-order chi connectivity index (χ0) is 13.1. The molecule has 1 heterocycles. The number of nitrogens with zero attached hydrogens (tertiary/aromatic N) is 2. The summed E-state index contributed by atoms with van der Waals surface area (Å²) in [4.78, 5) is 12.0. The molecule has 0 atom stereocenters. The molecule has 0 saturated heterocycles. The molecule has 2 aromatic rings. The van der Waals surface area contributed by atoms with Crippen molar-refractivity contribution < 1.29 is 4.79 Å². The maximum Gasteiger partial charge on any atom is 0.168 e. The van der Waals surface area contributed by atoms with Crippen molar-refractivity contribution in [1.82, 2.24) is 9.78 Å². The Hall–Kier alpha value is -1.42. The van der Waals surface area contributed by atoms with Gasteiger partial charge in [-0.05, 0) is 32.0 Å². The summed E-state index contributed by atoms with van der Waals surface area (Å²) in [6, 6.07) is 9.62. The van der Waals surface area contributed by atoms with Crippen LogP contribution < -0.4 is 0 Å². The van der Waals surface area contributed by atoms with Crippen LogP contribution in [0, 0.1) is 0 Å². The van der Waals surface area contributed by atoms with E-state index in [0.717, 1.165) is 15.7 Å². The molecule has 18 heavy (non-hydrogen) atoms. The molecule has 0 aliphatic heterocycles. The second-order valence-corrected chi connectivity index (χ2v) is 5.40. The molecule has 2 rings (SSSR count). The molecule has 0 aliphatic rings. The number of rotatable bonds is 4. The molecule has 94 valence electrons. The number of benzene rings is 1. The number of ketones is 1. The molecule has 0 N–H and O–H groups in total. The maximum absolute atomic E-state index is 12.0. The Labute approximate surface area is 115 Å². The smallest absolute Gasteiger partial charge is 0.168 e. The standard InChI is InChI=1S/C14H15BrN2O/c1-10(2)17-8-7-13(16-17)9-14(18)11-3-5-12(15)6-4-11/h3-8,10H,9H2,1-2H3. The largest absolute Gasteiger partial charge is 0.294 e. The quantitative estimate of drug-likeness (QED) is 0.808. The Morgan fingerprint density at radius 3 is 2.50 bits per heavy atom. The van der Waals surface area contributed by atoms with E-state index in [9.17, 15) is 4.79 Å². The van der Waals surface area contributed by atoms with Crippen LogP contribution in [0.2, 0.25) is 0 Å². The highest BCUT2D eigenvalue weighted by atomic mass is 79.9. The first-order valence-corrected chi connectivity index (χ1v) is 6.68. The van der Waals surface area contributed by atoms with E-state index >= 15 is 0 Å². The fourth-order valence-corrected chi connectivity index (χ4v) is 1.93. The topological polar surface area (TPSA) is 34.9 Å². The molecule has 0 unspecified atom stereocenters. The van der Waals surface area contributed by atoms with Gasteiger partial charge in [0.05, 0.1) is 12.1 Å². The van der Waals surface area contributed by atoms with E-state index < -0.39 is 0 Å². The van der Waals surface area contributed by atoms with Gasteiger partial charge in [-0.3, -0.25) is 9.48 Å². The van der Waals surface area contributed by atoms with Crippen LogP contribution in [0.15, 0.2) is 41.0 Å². The Morgan fingerprint density at radius 1 is 1.28 bits per heavy atom. The van der Waals surface area contributed by atoms with Crippen LogP contribution in [0.4, 0.5) is 0 Å². The van der Waals surface area contributed by atoms with Crippen LogP contribution in [-0.4, -0.2) is 15.6 Å². The summed E-state index contributed by atoms with van der Waals surface area (Å²) in [5.41, 5.74) is 1.54. The molecule has 0 spiro atoms. The summed E-state index contributed by atoms with van der Waals surface area (Å²) < 4.78 is 2.84. The summed E-state index contributed by atoms with van der Waals surface area (Å²) in [6.07, 6.45) is 2.26. The minimum atomic E-state index is 0.0940. The first kappa shape index (κ1) is 13.0. The van der Waals surface area contributed by atoms with Gasteiger partial charge in [-0.25, -0.2) is 0 Å². The SMILES string of the molecule is CC(C)n1ccc(CC(=O)c2ccc(Br)cc2)n1. The van der Waals surface area contributed by atoms with Crippen molar-refractivity contribution in [3.63, 3.8) is 0 Å². The molecule has 0 aliphatic carbocycles. The van der Waals surface area contributed by atoms with Gasteiger partial charge < -0.3 is 0 Å². The van der Waals surface area contributed by atoms with Gasteiger partial charge in [0.1, 0.15) is 0 Å². The van der Waals surface area contributed by atoms with Crippen LogP contribution in [0.1, 0.15) is 35.9 Å². The van der Waals surface area contributed by atoms with Gasteiger partial charge in [-0.2, -0.15) is 5.10 Å². The molecule has 1 aromatic heterocycles. The van der Waals surface area contributed by atoms with E-state index in [4.69, 9.17) is 0 Å². The lowest BCUT2D eigenvalue weighted by atomic mass is 10.1. The van der Waals surface area contributed by atoms with Gasteiger partial charge in [0.15, 0.2) is 5.78 Å². The second kappa shape index (κ2) is 5.48. The van der Waals surface area contributed by atoms with Gasteiger partial charge in [0.25, 0.3) is 0 Å². The first-order chi connectivity index (χ1) is 8.56. The van der Waals surface area contributed by atoms with E-state index in [1.807, 2.05) is 41.2 Å². The zero-order valence-electron chi connectivity index (χ0n) is 10.4. The summed E-state index contributed by atoms with van der Waals surface area (Å²) >= 11 is 3.35. The summed E-state index contributed by atoms with van der Waals surface area (Å²) in [6.45, 7) is 4.13. The van der Waals surface area contributed by atoms with Crippen LogP contribution >= 0.6 is 15.9 Å². The van der Waals surface area contributed by atoms with Crippen molar-refractivity contribution in [2.24, 2.45) is 0 Å². The van der Waals surface area contributed by atoms with Crippen LogP contribution in [0.3, 0.4) is 0 Å². The molecule has 0 saturated carbocycles. The van der Waals surface area contributed by atoms with E-state index in [1.165, 1.54) is 0 Å². The molecule has 1 aromatic carbocycles.